The summed E-state index contributed by atoms with van der Waals surface area (Å²) < 4.78 is 32.6. The van der Waals surface area contributed by atoms with E-state index in [0.29, 0.717) is 11.5 Å². The van der Waals surface area contributed by atoms with Crippen LogP contribution in [0.5, 0.6) is 0 Å². The Kier molecular flexibility index (Phi) is 5.62. The van der Waals surface area contributed by atoms with Gasteiger partial charge in [0.15, 0.2) is 5.16 Å². The normalized spacial score (nSPS) is 12.1. The molecule has 0 fully saturated rings. The Labute approximate surface area is 154 Å². The molecule has 0 bridgehead atoms. The monoisotopic (exact) mass is 398 g/mol. The SMILES string of the molecule is CN(C)S(=O)(=O)c1ccc(CSc2nncn2CCc2cccs2)o1. The van der Waals surface area contributed by atoms with Crippen LogP contribution in [0.4, 0.5) is 0 Å². The van der Waals surface area contributed by atoms with E-state index in [1.807, 2.05) is 10.6 Å². The van der Waals surface area contributed by atoms with E-state index >= 15 is 0 Å². The molecule has 3 aromatic rings. The molecular formula is C15H18N4O3S3. The van der Waals surface area contributed by atoms with Gasteiger partial charge in [0.25, 0.3) is 10.0 Å². The van der Waals surface area contributed by atoms with E-state index in [9.17, 15) is 8.42 Å². The average Bonchev–Trinajstić information content (AvgIpc) is 3.31. The summed E-state index contributed by atoms with van der Waals surface area (Å²) in [5.41, 5.74) is 0. The van der Waals surface area contributed by atoms with E-state index in [1.54, 1.807) is 23.7 Å². The molecule has 0 radical (unpaired) electrons. The second kappa shape index (κ2) is 7.73. The van der Waals surface area contributed by atoms with Crippen molar-refractivity contribution in [3.8, 4) is 0 Å². The van der Waals surface area contributed by atoms with Gasteiger partial charge in [-0.3, -0.25) is 0 Å². The maximum Gasteiger partial charge on any atom is 0.275 e. The van der Waals surface area contributed by atoms with Crippen molar-refractivity contribution < 1.29 is 12.8 Å². The maximum atomic E-state index is 12.0. The predicted molar refractivity (Wildman–Crippen MR) is 97.2 cm³/mol. The second-order valence-electron chi connectivity index (χ2n) is 5.43. The number of nitrogens with zero attached hydrogens (tertiary/aromatic N) is 4. The van der Waals surface area contributed by atoms with Gasteiger partial charge in [0, 0.05) is 25.5 Å². The molecule has 0 atom stereocenters. The molecule has 0 unspecified atom stereocenters. The summed E-state index contributed by atoms with van der Waals surface area (Å²) in [5.74, 6) is 1.07. The van der Waals surface area contributed by atoms with E-state index in [-0.39, 0.29) is 5.09 Å². The first-order valence-electron chi connectivity index (χ1n) is 7.51. The summed E-state index contributed by atoms with van der Waals surface area (Å²) in [4.78, 5) is 1.31. The summed E-state index contributed by atoms with van der Waals surface area (Å²) in [6, 6.07) is 7.30. The van der Waals surface area contributed by atoms with Crippen molar-refractivity contribution in [2.24, 2.45) is 0 Å². The average molecular weight is 399 g/mol. The number of hydrogen-bond donors (Lipinski definition) is 0. The van der Waals surface area contributed by atoms with Crippen molar-refractivity contribution in [3.63, 3.8) is 0 Å². The molecule has 0 N–H and O–H groups in total. The summed E-state index contributed by atoms with van der Waals surface area (Å²) >= 11 is 3.20. The lowest BCUT2D eigenvalue weighted by molar-refractivity contribution is 0.408. The van der Waals surface area contributed by atoms with Gasteiger partial charge in [0.1, 0.15) is 12.1 Å². The fraction of sp³-hybridized carbons (Fsp3) is 0.333. The van der Waals surface area contributed by atoms with Crippen LogP contribution >= 0.6 is 23.1 Å². The smallest absolute Gasteiger partial charge is 0.275 e. The van der Waals surface area contributed by atoms with E-state index in [1.165, 1.54) is 36.8 Å². The number of thiophene rings is 1. The highest BCUT2D eigenvalue weighted by molar-refractivity contribution is 7.98. The summed E-state index contributed by atoms with van der Waals surface area (Å²) in [7, 11) is -0.596. The molecule has 0 aliphatic carbocycles. The van der Waals surface area contributed by atoms with Crippen LogP contribution in [0, 0.1) is 0 Å². The molecule has 0 aliphatic heterocycles. The topological polar surface area (TPSA) is 81.2 Å². The van der Waals surface area contributed by atoms with Crippen molar-refractivity contribution in [2.75, 3.05) is 14.1 Å². The number of aromatic nitrogens is 3. The van der Waals surface area contributed by atoms with Crippen LogP contribution in [0.3, 0.4) is 0 Å². The fourth-order valence-corrected chi connectivity index (χ4v) is 4.43. The van der Waals surface area contributed by atoms with E-state index in [4.69, 9.17) is 4.42 Å². The molecule has 3 heterocycles. The van der Waals surface area contributed by atoms with Crippen LogP contribution in [0.2, 0.25) is 0 Å². The van der Waals surface area contributed by atoms with Crippen molar-refractivity contribution in [1.29, 1.82) is 0 Å². The van der Waals surface area contributed by atoms with Crippen molar-refractivity contribution in [3.05, 3.63) is 46.6 Å². The first kappa shape index (κ1) is 18.2. The fourth-order valence-electron chi connectivity index (χ4n) is 2.09. The highest BCUT2D eigenvalue weighted by atomic mass is 32.2. The number of thioether (sulfide) groups is 1. The van der Waals surface area contributed by atoms with Crippen LogP contribution in [0.1, 0.15) is 10.6 Å². The number of hydrogen-bond acceptors (Lipinski definition) is 7. The second-order valence-corrected chi connectivity index (χ2v) is 9.49. The highest BCUT2D eigenvalue weighted by Crippen LogP contribution is 2.24. The Morgan fingerprint density at radius 1 is 1.32 bits per heavy atom. The van der Waals surface area contributed by atoms with E-state index < -0.39 is 10.0 Å². The number of furan rings is 1. The first-order chi connectivity index (χ1) is 12.0. The van der Waals surface area contributed by atoms with Gasteiger partial charge in [-0.05, 0) is 30.0 Å². The standard InChI is InChI=1S/C15H18N4O3S3/c1-18(2)25(20,21)14-6-5-12(22-14)10-24-15-17-16-11-19(15)8-7-13-4-3-9-23-13/h3-6,9,11H,7-8,10H2,1-2H3. The van der Waals surface area contributed by atoms with Gasteiger partial charge >= 0.3 is 0 Å². The number of sulfonamides is 1. The summed E-state index contributed by atoms with van der Waals surface area (Å²) in [5, 5.41) is 10.9. The Bertz CT molecular complexity index is 914. The van der Waals surface area contributed by atoms with Gasteiger partial charge in [-0.25, -0.2) is 12.7 Å². The van der Waals surface area contributed by atoms with E-state index in [0.717, 1.165) is 22.4 Å². The van der Waals surface area contributed by atoms with Gasteiger partial charge in [0.05, 0.1) is 5.75 Å². The van der Waals surface area contributed by atoms with Crippen LogP contribution in [0.15, 0.2) is 50.6 Å². The van der Waals surface area contributed by atoms with Crippen LogP contribution < -0.4 is 0 Å². The lowest BCUT2D eigenvalue weighted by Gasteiger charge is -2.07. The van der Waals surface area contributed by atoms with Gasteiger partial charge in [-0.2, -0.15) is 0 Å². The third-order valence-corrected chi connectivity index (χ3v) is 7.10. The van der Waals surface area contributed by atoms with Crippen LogP contribution in [-0.2, 0) is 28.7 Å². The lowest BCUT2D eigenvalue weighted by Crippen LogP contribution is -2.21. The summed E-state index contributed by atoms with van der Waals surface area (Å²) in [6.07, 6.45) is 2.63. The summed E-state index contributed by atoms with van der Waals surface area (Å²) in [6.45, 7) is 0.800. The van der Waals surface area contributed by atoms with Crippen molar-refractivity contribution >= 4 is 33.1 Å². The molecule has 25 heavy (non-hydrogen) atoms. The molecule has 0 aliphatic rings. The molecule has 0 aromatic carbocycles. The first-order valence-corrected chi connectivity index (χ1v) is 10.8. The third kappa shape index (κ3) is 4.32. The minimum Gasteiger partial charge on any atom is -0.447 e. The molecule has 0 amide bonds. The zero-order valence-corrected chi connectivity index (χ0v) is 16.3. The molecule has 3 aromatic heterocycles. The van der Waals surface area contributed by atoms with E-state index in [2.05, 4.69) is 21.6 Å². The lowest BCUT2D eigenvalue weighted by atomic mass is 10.3. The molecular weight excluding hydrogens is 380 g/mol. The molecule has 7 nitrogen and oxygen atoms in total. The number of rotatable bonds is 8. The van der Waals surface area contributed by atoms with Gasteiger partial charge in [-0.15, -0.1) is 21.5 Å². The molecule has 10 heteroatoms. The molecule has 0 spiro atoms. The molecule has 134 valence electrons. The van der Waals surface area contributed by atoms with Gasteiger partial charge < -0.3 is 8.98 Å². The molecule has 3 rings (SSSR count). The molecule has 0 saturated heterocycles. The minimum atomic E-state index is -3.54. The molecule has 0 saturated carbocycles. The Morgan fingerprint density at radius 2 is 2.16 bits per heavy atom. The largest absolute Gasteiger partial charge is 0.447 e. The van der Waals surface area contributed by atoms with Crippen LogP contribution in [-0.4, -0.2) is 41.6 Å². The minimum absolute atomic E-state index is 0.0488. The number of aryl methyl sites for hydroxylation is 2. The maximum absolute atomic E-state index is 12.0. The Morgan fingerprint density at radius 3 is 2.88 bits per heavy atom. The zero-order chi connectivity index (χ0) is 17.9. The zero-order valence-electron chi connectivity index (χ0n) is 13.8. The van der Waals surface area contributed by atoms with Gasteiger partial charge in [-0.1, -0.05) is 17.8 Å². The van der Waals surface area contributed by atoms with Crippen molar-refractivity contribution in [1.82, 2.24) is 19.1 Å². The quantitative estimate of drug-likeness (QED) is 0.543. The Balaban J connectivity index is 1.61. The van der Waals surface area contributed by atoms with Crippen LogP contribution in [0.25, 0.3) is 0 Å². The predicted octanol–water partition coefficient (Wildman–Crippen LogP) is 2.72. The third-order valence-electron chi connectivity index (χ3n) is 3.47. The van der Waals surface area contributed by atoms with Gasteiger partial charge in [0.2, 0.25) is 5.09 Å². The van der Waals surface area contributed by atoms with Crippen molar-refractivity contribution in [2.45, 2.75) is 29.0 Å². The Hall–Kier alpha value is -1.62. The highest BCUT2D eigenvalue weighted by Gasteiger charge is 2.21.